The fourth-order valence-electron chi connectivity index (χ4n) is 3.20. The largest absolute Gasteiger partial charge is 0.464 e. The van der Waals surface area contributed by atoms with Crippen LogP contribution in [0.25, 0.3) is 0 Å². The highest BCUT2D eigenvalue weighted by molar-refractivity contribution is 5.73. The molecule has 0 aromatic carbocycles. The molecule has 7 heteroatoms. The molecule has 0 bridgehead atoms. The third-order valence-corrected chi connectivity index (χ3v) is 4.70. The number of rotatable bonds is 13. The van der Waals surface area contributed by atoms with Gasteiger partial charge >= 0.3 is 11.9 Å². The van der Waals surface area contributed by atoms with Crippen molar-refractivity contribution < 1.29 is 23.9 Å². The molecule has 176 valence electrons. The summed E-state index contributed by atoms with van der Waals surface area (Å²) < 4.78 is 10.5. The molecule has 1 amide bonds. The smallest absolute Gasteiger partial charge is 0.303 e. The Kier molecular flexibility index (Phi) is 13.5. The van der Waals surface area contributed by atoms with Gasteiger partial charge in [0, 0.05) is 27.2 Å². The number of hydrogen-bond acceptors (Lipinski definition) is 6. The van der Waals surface area contributed by atoms with Gasteiger partial charge in [0.2, 0.25) is 5.91 Å². The maximum atomic E-state index is 11.7. The summed E-state index contributed by atoms with van der Waals surface area (Å²) in [5.41, 5.74) is 0.977. The fourth-order valence-corrected chi connectivity index (χ4v) is 3.20. The zero-order valence-corrected chi connectivity index (χ0v) is 19.7. The van der Waals surface area contributed by atoms with E-state index in [1.807, 2.05) is 0 Å². The Hall–Kier alpha value is -2.88. The van der Waals surface area contributed by atoms with Gasteiger partial charge in [-0.05, 0) is 24.5 Å². The topological polar surface area (TPSA) is 94.6 Å². The summed E-state index contributed by atoms with van der Waals surface area (Å²) in [6.45, 7) is 5.95. The van der Waals surface area contributed by atoms with Gasteiger partial charge in [-0.15, -0.1) is 0 Å². The third-order valence-electron chi connectivity index (χ3n) is 4.70. The normalized spacial score (nSPS) is 12.1. The Bertz CT molecular complexity index is 797. The molecule has 0 radical (unpaired) electrons. The van der Waals surface area contributed by atoms with Gasteiger partial charge in [-0.2, -0.15) is 0 Å². The molecule has 0 saturated carbocycles. The number of amides is 1. The second-order valence-corrected chi connectivity index (χ2v) is 7.76. The standard InChI is InChI=1S/C25H36N2O5/c1-5-6-7-8-9-10-11-12-13-15-22-16-14-17-23(27-22)25(32-21(4)30)24(26-19(2)28)18-31-20(3)29/h14,16-17,24-25H,5-12,18H2,1-4H3,(H,26,28). The summed E-state index contributed by atoms with van der Waals surface area (Å²) in [6.07, 6.45) is 8.51. The van der Waals surface area contributed by atoms with Gasteiger partial charge in [-0.3, -0.25) is 14.4 Å². The van der Waals surface area contributed by atoms with Crippen LogP contribution in [0.1, 0.15) is 96.6 Å². The summed E-state index contributed by atoms with van der Waals surface area (Å²) in [5.74, 6) is 4.83. The molecule has 1 rings (SSSR count). The van der Waals surface area contributed by atoms with Crippen molar-refractivity contribution in [3.8, 4) is 11.8 Å². The summed E-state index contributed by atoms with van der Waals surface area (Å²) in [6, 6.07) is 4.47. The molecule has 7 nitrogen and oxygen atoms in total. The van der Waals surface area contributed by atoms with Crippen LogP contribution in [-0.4, -0.2) is 35.5 Å². The van der Waals surface area contributed by atoms with Gasteiger partial charge in [-0.1, -0.05) is 57.4 Å². The number of nitrogens with zero attached hydrogens (tertiary/aromatic N) is 1. The van der Waals surface area contributed by atoms with Crippen molar-refractivity contribution in [3.63, 3.8) is 0 Å². The van der Waals surface area contributed by atoms with Gasteiger partial charge in [0.25, 0.3) is 0 Å². The van der Waals surface area contributed by atoms with Crippen LogP contribution in [-0.2, 0) is 23.9 Å². The van der Waals surface area contributed by atoms with Gasteiger partial charge in [0.05, 0.1) is 5.69 Å². The summed E-state index contributed by atoms with van der Waals surface area (Å²) in [4.78, 5) is 39.1. The lowest BCUT2D eigenvalue weighted by Crippen LogP contribution is -2.43. The molecular formula is C25H36N2O5. The van der Waals surface area contributed by atoms with E-state index in [9.17, 15) is 14.4 Å². The summed E-state index contributed by atoms with van der Waals surface area (Å²) in [5, 5.41) is 2.67. The lowest BCUT2D eigenvalue weighted by molar-refractivity contribution is -0.152. The summed E-state index contributed by atoms with van der Waals surface area (Å²) >= 11 is 0. The van der Waals surface area contributed by atoms with E-state index in [2.05, 4.69) is 29.1 Å². The van der Waals surface area contributed by atoms with Crippen LogP contribution in [0.5, 0.6) is 0 Å². The minimum atomic E-state index is -0.916. The first kappa shape index (κ1) is 27.2. The van der Waals surface area contributed by atoms with Crippen LogP contribution in [0, 0.1) is 11.8 Å². The third kappa shape index (κ3) is 12.1. The van der Waals surface area contributed by atoms with Crippen molar-refractivity contribution in [2.45, 2.75) is 91.2 Å². The molecule has 0 spiro atoms. The number of hydrogen-bond donors (Lipinski definition) is 1. The fraction of sp³-hybridized carbons (Fsp3) is 0.600. The van der Waals surface area contributed by atoms with Crippen LogP contribution in [0.3, 0.4) is 0 Å². The SMILES string of the molecule is CCCCCCCCCC#Cc1cccc(C(OC(C)=O)C(COC(C)=O)NC(C)=O)n1. The Morgan fingerprint density at radius 2 is 1.69 bits per heavy atom. The molecule has 2 unspecified atom stereocenters. The second-order valence-electron chi connectivity index (χ2n) is 7.76. The quantitative estimate of drug-likeness (QED) is 0.278. The van der Waals surface area contributed by atoms with Crippen molar-refractivity contribution in [2.75, 3.05) is 6.61 Å². The zero-order chi connectivity index (χ0) is 23.8. The van der Waals surface area contributed by atoms with Crippen molar-refractivity contribution in [1.82, 2.24) is 10.3 Å². The molecule has 1 aromatic heterocycles. The van der Waals surface area contributed by atoms with E-state index in [-0.39, 0.29) is 12.5 Å². The molecular weight excluding hydrogens is 408 g/mol. The first-order valence-electron chi connectivity index (χ1n) is 11.4. The lowest BCUT2D eigenvalue weighted by Gasteiger charge is -2.26. The van der Waals surface area contributed by atoms with E-state index in [1.54, 1.807) is 18.2 Å². The maximum absolute atomic E-state index is 11.7. The maximum Gasteiger partial charge on any atom is 0.303 e. The van der Waals surface area contributed by atoms with Crippen molar-refractivity contribution >= 4 is 17.8 Å². The highest BCUT2D eigenvalue weighted by Gasteiger charge is 2.29. The van der Waals surface area contributed by atoms with E-state index < -0.39 is 24.1 Å². The van der Waals surface area contributed by atoms with E-state index >= 15 is 0 Å². The van der Waals surface area contributed by atoms with Gasteiger partial charge in [-0.25, -0.2) is 4.98 Å². The van der Waals surface area contributed by atoms with E-state index in [0.29, 0.717) is 11.4 Å². The van der Waals surface area contributed by atoms with Crippen LogP contribution in [0.4, 0.5) is 0 Å². The van der Waals surface area contributed by atoms with Gasteiger partial charge in [0.1, 0.15) is 18.3 Å². The Balaban J connectivity index is 2.83. The van der Waals surface area contributed by atoms with Crippen LogP contribution < -0.4 is 5.32 Å². The highest BCUT2D eigenvalue weighted by atomic mass is 16.6. The average molecular weight is 445 g/mol. The molecule has 0 aliphatic carbocycles. The Morgan fingerprint density at radius 3 is 2.31 bits per heavy atom. The number of carbonyl (C=O) groups excluding carboxylic acids is 3. The number of esters is 2. The van der Waals surface area contributed by atoms with Crippen molar-refractivity contribution in [1.29, 1.82) is 0 Å². The molecule has 1 heterocycles. The molecule has 0 aliphatic heterocycles. The molecule has 0 aliphatic rings. The van der Waals surface area contributed by atoms with Crippen molar-refractivity contribution in [3.05, 3.63) is 29.6 Å². The van der Waals surface area contributed by atoms with Crippen molar-refractivity contribution in [2.24, 2.45) is 0 Å². The summed E-state index contributed by atoms with van der Waals surface area (Å²) in [7, 11) is 0. The predicted octanol–water partition coefficient (Wildman–Crippen LogP) is 4.25. The monoisotopic (exact) mass is 444 g/mol. The van der Waals surface area contributed by atoms with Crippen LogP contribution in [0.2, 0.25) is 0 Å². The van der Waals surface area contributed by atoms with Gasteiger partial charge < -0.3 is 14.8 Å². The number of pyridine rings is 1. The number of ether oxygens (including phenoxy) is 2. The van der Waals surface area contributed by atoms with Gasteiger partial charge in [0.15, 0.2) is 6.10 Å². The van der Waals surface area contributed by atoms with E-state index in [4.69, 9.17) is 9.47 Å². The molecule has 2 atom stereocenters. The van der Waals surface area contributed by atoms with E-state index in [0.717, 1.165) is 12.8 Å². The Morgan fingerprint density at radius 1 is 1.00 bits per heavy atom. The number of unbranched alkanes of at least 4 members (excludes halogenated alkanes) is 7. The first-order valence-corrected chi connectivity index (χ1v) is 11.4. The number of nitrogens with one attached hydrogen (secondary N) is 1. The Labute approximate surface area is 191 Å². The molecule has 0 fully saturated rings. The first-order chi connectivity index (χ1) is 15.3. The highest BCUT2D eigenvalue weighted by Crippen LogP contribution is 2.21. The molecule has 1 aromatic rings. The molecule has 0 saturated heterocycles. The number of carbonyl (C=O) groups is 3. The van der Waals surface area contributed by atoms with Crippen LogP contribution >= 0.6 is 0 Å². The van der Waals surface area contributed by atoms with Crippen LogP contribution in [0.15, 0.2) is 18.2 Å². The minimum Gasteiger partial charge on any atom is -0.464 e. The second kappa shape index (κ2) is 15.9. The predicted molar refractivity (Wildman–Crippen MR) is 122 cm³/mol. The number of aromatic nitrogens is 1. The minimum absolute atomic E-state index is 0.150. The zero-order valence-electron chi connectivity index (χ0n) is 19.7. The average Bonchev–Trinajstić information content (AvgIpc) is 2.73. The molecule has 1 N–H and O–H groups in total. The van der Waals surface area contributed by atoms with E-state index in [1.165, 1.54) is 59.3 Å². The molecule has 32 heavy (non-hydrogen) atoms. The lowest BCUT2D eigenvalue weighted by atomic mass is 10.1.